The van der Waals surface area contributed by atoms with Crippen LogP contribution < -0.4 is 21.9 Å². The first-order chi connectivity index (χ1) is 11.7. The Hall–Kier alpha value is -2.90. The van der Waals surface area contributed by atoms with E-state index in [2.05, 4.69) is 15.3 Å². The molecule has 6 N–H and O–H groups in total. The van der Waals surface area contributed by atoms with Gasteiger partial charge in [-0.25, -0.2) is 10.8 Å². The van der Waals surface area contributed by atoms with Crippen molar-refractivity contribution in [2.24, 2.45) is 5.84 Å². The van der Waals surface area contributed by atoms with E-state index in [1.54, 1.807) is 18.3 Å². The number of nitrogens with zero attached hydrogens (tertiary/aromatic N) is 3. The lowest BCUT2D eigenvalue weighted by molar-refractivity contribution is 0.311. The maximum Gasteiger partial charge on any atom is 0.168 e. The van der Waals surface area contributed by atoms with Crippen molar-refractivity contribution in [1.82, 2.24) is 9.97 Å². The average Bonchev–Trinajstić information content (AvgIpc) is 2.61. The smallest absolute Gasteiger partial charge is 0.168 e. The Labute approximate surface area is 139 Å². The third kappa shape index (κ3) is 3.53. The average molecular weight is 324 g/mol. The van der Waals surface area contributed by atoms with E-state index in [4.69, 9.17) is 16.7 Å². The van der Waals surface area contributed by atoms with Crippen LogP contribution in [0.5, 0.6) is 0 Å². The molecule has 0 aliphatic carbocycles. The number of benzene rings is 1. The second kappa shape index (κ2) is 7.12. The number of nitrogen functional groups attached to an aromatic ring is 1. The molecule has 0 aliphatic rings. The number of hydrogen-bond acceptors (Lipinski definition) is 7. The number of nitrogens with two attached hydrogens (primary N) is 2. The number of nitrogens with one attached hydrogen (secondary N) is 1. The van der Waals surface area contributed by atoms with Gasteiger partial charge in [-0.05, 0) is 35.9 Å². The normalized spacial score (nSPS) is 10.8. The molecule has 0 aliphatic heterocycles. The lowest BCUT2D eigenvalue weighted by Crippen LogP contribution is -2.32. The van der Waals surface area contributed by atoms with E-state index in [9.17, 15) is 0 Å². The minimum absolute atomic E-state index is 0.0266. The third-order valence-corrected chi connectivity index (χ3v) is 3.62. The maximum atomic E-state index is 8.89. The van der Waals surface area contributed by atoms with Crippen molar-refractivity contribution < 1.29 is 5.11 Å². The first-order valence-electron chi connectivity index (χ1n) is 7.64. The predicted molar refractivity (Wildman–Crippen MR) is 96.3 cm³/mol. The van der Waals surface area contributed by atoms with Crippen LogP contribution in [0.15, 0.2) is 48.7 Å². The van der Waals surface area contributed by atoms with Crippen molar-refractivity contribution in [2.45, 2.75) is 6.54 Å². The van der Waals surface area contributed by atoms with Gasteiger partial charge in [0.1, 0.15) is 5.82 Å². The van der Waals surface area contributed by atoms with Crippen LogP contribution in [-0.4, -0.2) is 28.2 Å². The Bertz CT molecular complexity index is 838. The molecular weight excluding hydrogens is 304 g/mol. The highest BCUT2D eigenvalue weighted by molar-refractivity contribution is 5.79. The zero-order chi connectivity index (χ0) is 16.9. The standard InChI is InChI=1S/C17H20N6O/c18-14-4-6-16(21-8-9-24)22-17(14)23(19)11-12-3-5-15-13(10-12)2-1-7-20-15/h1-7,10,24H,8-9,11,18-19H2,(H,21,22). The zero-order valence-electron chi connectivity index (χ0n) is 13.2. The monoisotopic (exact) mass is 324 g/mol. The van der Waals surface area contributed by atoms with E-state index in [1.807, 2.05) is 30.3 Å². The van der Waals surface area contributed by atoms with Crippen LogP contribution in [-0.2, 0) is 6.54 Å². The van der Waals surface area contributed by atoms with Crippen LogP contribution in [0.25, 0.3) is 10.9 Å². The first-order valence-corrected chi connectivity index (χ1v) is 7.64. The lowest BCUT2D eigenvalue weighted by atomic mass is 10.1. The summed E-state index contributed by atoms with van der Waals surface area (Å²) in [4.78, 5) is 8.72. The lowest BCUT2D eigenvalue weighted by Gasteiger charge is -2.20. The quantitative estimate of drug-likeness (QED) is 0.401. The van der Waals surface area contributed by atoms with Gasteiger partial charge in [0, 0.05) is 18.1 Å². The third-order valence-electron chi connectivity index (χ3n) is 3.62. The molecule has 7 heteroatoms. The molecule has 3 rings (SSSR count). The van der Waals surface area contributed by atoms with Gasteiger partial charge >= 0.3 is 0 Å². The van der Waals surface area contributed by atoms with Crippen molar-refractivity contribution >= 4 is 28.2 Å². The number of aromatic nitrogens is 2. The minimum Gasteiger partial charge on any atom is -0.396 e. The highest BCUT2D eigenvalue weighted by atomic mass is 16.3. The van der Waals surface area contributed by atoms with Gasteiger partial charge in [-0.15, -0.1) is 0 Å². The van der Waals surface area contributed by atoms with Gasteiger partial charge in [0.25, 0.3) is 0 Å². The summed E-state index contributed by atoms with van der Waals surface area (Å²) in [6.07, 6.45) is 1.77. The van der Waals surface area contributed by atoms with Crippen LogP contribution >= 0.6 is 0 Å². The van der Waals surface area contributed by atoms with Crippen molar-refractivity contribution in [1.29, 1.82) is 0 Å². The fourth-order valence-corrected chi connectivity index (χ4v) is 2.47. The summed E-state index contributed by atoms with van der Waals surface area (Å²) < 4.78 is 0. The highest BCUT2D eigenvalue weighted by Gasteiger charge is 2.10. The highest BCUT2D eigenvalue weighted by Crippen LogP contribution is 2.23. The minimum atomic E-state index is 0.0266. The van der Waals surface area contributed by atoms with Gasteiger partial charge in [0.2, 0.25) is 0 Å². The second-order valence-corrected chi connectivity index (χ2v) is 5.42. The van der Waals surface area contributed by atoms with Crippen LogP contribution in [0.3, 0.4) is 0 Å². The van der Waals surface area contributed by atoms with Crippen LogP contribution in [0.2, 0.25) is 0 Å². The van der Waals surface area contributed by atoms with Crippen molar-refractivity contribution in [3.05, 3.63) is 54.2 Å². The molecule has 2 heterocycles. The van der Waals surface area contributed by atoms with Crippen molar-refractivity contribution in [3.8, 4) is 0 Å². The number of aliphatic hydroxyl groups is 1. The predicted octanol–water partition coefficient (Wildman–Crippen LogP) is 1.50. The molecule has 0 unspecified atom stereocenters. The molecule has 0 saturated heterocycles. The number of hydrogen-bond donors (Lipinski definition) is 4. The molecule has 0 bridgehead atoms. The number of hydrazine groups is 1. The Balaban J connectivity index is 1.81. The number of anilines is 3. The van der Waals surface area contributed by atoms with Gasteiger partial charge in [-0.1, -0.05) is 12.1 Å². The van der Waals surface area contributed by atoms with Crippen LogP contribution in [0.4, 0.5) is 17.3 Å². The van der Waals surface area contributed by atoms with E-state index in [1.165, 1.54) is 5.01 Å². The van der Waals surface area contributed by atoms with E-state index in [0.717, 1.165) is 16.5 Å². The molecule has 0 atom stereocenters. The molecule has 0 spiro atoms. The van der Waals surface area contributed by atoms with Crippen LogP contribution in [0, 0.1) is 0 Å². The molecule has 0 amide bonds. The Morgan fingerprint density at radius 3 is 2.88 bits per heavy atom. The van der Waals surface area contributed by atoms with Gasteiger partial charge < -0.3 is 16.2 Å². The number of aliphatic hydroxyl groups excluding tert-OH is 1. The summed E-state index contributed by atoms with van der Waals surface area (Å²) >= 11 is 0. The molecule has 1 aromatic carbocycles. The first kappa shape index (κ1) is 16.0. The largest absolute Gasteiger partial charge is 0.396 e. The van der Waals surface area contributed by atoms with E-state index >= 15 is 0 Å². The molecule has 7 nitrogen and oxygen atoms in total. The molecule has 3 aromatic rings. The Morgan fingerprint density at radius 1 is 1.17 bits per heavy atom. The fourth-order valence-electron chi connectivity index (χ4n) is 2.47. The maximum absolute atomic E-state index is 8.89. The summed E-state index contributed by atoms with van der Waals surface area (Å²) in [6.45, 7) is 0.906. The summed E-state index contributed by atoms with van der Waals surface area (Å²) in [6, 6.07) is 13.4. The summed E-state index contributed by atoms with van der Waals surface area (Å²) in [5, 5.41) is 14.5. The number of rotatable bonds is 6. The fraction of sp³-hybridized carbons (Fsp3) is 0.176. The molecule has 0 fully saturated rings. The van der Waals surface area contributed by atoms with E-state index in [-0.39, 0.29) is 6.61 Å². The topological polar surface area (TPSA) is 113 Å². The molecular formula is C17H20N6O. The van der Waals surface area contributed by atoms with E-state index in [0.29, 0.717) is 30.4 Å². The summed E-state index contributed by atoms with van der Waals surface area (Å²) in [5.74, 6) is 7.27. The van der Waals surface area contributed by atoms with Crippen molar-refractivity contribution in [2.75, 3.05) is 29.2 Å². The molecule has 0 radical (unpaired) electrons. The van der Waals surface area contributed by atoms with E-state index < -0.39 is 0 Å². The summed E-state index contributed by atoms with van der Waals surface area (Å²) in [5.41, 5.74) is 8.46. The van der Waals surface area contributed by atoms with Gasteiger partial charge in [0.15, 0.2) is 5.82 Å². The van der Waals surface area contributed by atoms with Gasteiger partial charge in [-0.2, -0.15) is 0 Å². The molecule has 2 aromatic heterocycles. The van der Waals surface area contributed by atoms with Gasteiger partial charge in [0.05, 0.1) is 24.4 Å². The number of pyridine rings is 2. The zero-order valence-corrected chi connectivity index (χ0v) is 13.2. The Kier molecular flexibility index (Phi) is 4.74. The van der Waals surface area contributed by atoms with Gasteiger partial charge in [-0.3, -0.25) is 9.99 Å². The summed E-state index contributed by atoms with van der Waals surface area (Å²) in [7, 11) is 0. The molecule has 0 saturated carbocycles. The molecule has 24 heavy (non-hydrogen) atoms. The molecule has 124 valence electrons. The van der Waals surface area contributed by atoms with Crippen LogP contribution in [0.1, 0.15) is 5.56 Å². The Morgan fingerprint density at radius 2 is 2.04 bits per heavy atom. The SMILES string of the molecule is Nc1ccc(NCCO)nc1N(N)Cc1ccc2ncccc2c1. The van der Waals surface area contributed by atoms with Crippen molar-refractivity contribution in [3.63, 3.8) is 0 Å². The second-order valence-electron chi connectivity index (χ2n) is 5.42. The number of fused-ring (bicyclic) bond motifs is 1.